The Morgan fingerprint density at radius 1 is 1.58 bits per heavy atom. The topological polar surface area (TPSA) is 55.1 Å². The lowest BCUT2D eigenvalue weighted by Crippen LogP contribution is -2.07. The monoisotopic (exact) mass is 184 g/mol. The Bertz CT molecular complexity index is 288. The van der Waals surface area contributed by atoms with Gasteiger partial charge in [0.25, 0.3) is 0 Å². The number of nitrogens with two attached hydrogens (primary N) is 1. The highest BCUT2D eigenvalue weighted by atomic mass is 32.2. The fraction of sp³-hybridized carbons (Fsp3) is 0.250. The summed E-state index contributed by atoms with van der Waals surface area (Å²) < 4.78 is 10.9. The van der Waals surface area contributed by atoms with Crippen LogP contribution in [0.5, 0.6) is 0 Å². The molecular weight excluding hydrogens is 172 g/mol. The number of benzene rings is 1. The van der Waals surface area contributed by atoms with Gasteiger partial charge in [-0.3, -0.25) is 0 Å². The van der Waals surface area contributed by atoms with Crippen LogP contribution in [0, 0.1) is 0 Å². The fourth-order valence-corrected chi connectivity index (χ4v) is 1.46. The Labute approximate surface area is 74.6 Å². The van der Waals surface area contributed by atoms with Crippen LogP contribution in [0.1, 0.15) is 5.56 Å². The van der Waals surface area contributed by atoms with E-state index < -0.39 is 11.0 Å². The minimum absolute atomic E-state index is 0.669. The third-order valence-corrected chi connectivity index (χ3v) is 2.23. The number of hydrogen-bond acceptors (Lipinski definition) is 2. The van der Waals surface area contributed by atoms with E-state index in [0.29, 0.717) is 4.90 Å². The van der Waals surface area contributed by atoms with Crippen molar-refractivity contribution in [2.24, 2.45) is 5.14 Å². The number of nitrogens with one attached hydrogen (secondary N) is 1. The van der Waals surface area contributed by atoms with Crippen LogP contribution in [0.3, 0.4) is 0 Å². The highest BCUT2D eigenvalue weighted by molar-refractivity contribution is 7.82. The number of rotatable bonds is 3. The molecule has 0 radical (unpaired) electrons. The molecule has 0 spiro atoms. The molecule has 1 unspecified atom stereocenters. The van der Waals surface area contributed by atoms with Crippen molar-refractivity contribution in [2.45, 2.75) is 11.4 Å². The van der Waals surface area contributed by atoms with E-state index in [4.69, 9.17) is 5.14 Å². The molecule has 0 amide bonds. The van der Waals surface area contributed by atoms with E-state index in [0.717, 1.165) is 12.1 Å². The van der Waals surface area contributed by atoms with Gasteiger partial charge in [-0.2, -0.15) is 0 Å². The average Bonchev–Trinajstić information content (AvgIpc) is 2.05. The zero-order valence-corrected chi connectivity index (χ0v) is 7.73. The maximum atomic E-state index is 10.9. The third-order valence-electron chi connectivity index (χ3n) is 1.51. The van der Waals surface area contributed by atoms with E-state index in [9.17, 15) is 4.21 Å². The van der Waals surface area contributed by atoms with Crippen molar-refractivity contribution in [1.82, 2.24) is 5.32 Å². The molecule has 3 N–H and O–H groups in total. The van der Waals surface area contributed by atoms with Crippen molar-refractivity contribution in [3.63, 3.8) is 0 Å². The SMILES string of the molecule is CNCc1cccc(S(N)=O)c1. The maximum absolute atomic E-state index is 10.9. The van der Waals surface area contributed by atoms with Crippen molar-refractivity contribution in [3.8, 4) is 0 Å². The van der Waals surface area contributed by atoms with Crippen LogP contribution in [0.2, 0.25) is 0 Å². The Kier molecular flexibility index (Phi) is 3.40. The van der Waals surface area contributed by atoms with Crippen LogP contribution in [0.15, 0.2) is 29.2 Å². The summed E-state index contributed by atoms with van der Waals surface area (Å²) in [6, 6.07) is 7.42. The lowest BCUT2D eigenvalue weighted by atomic mass is 10.2. The molecule has 12 heavy (non-hydrogen) atoms. The van der Waals surface area contributed by atoms with Crippen molar-refractivity contribution < 1.29 is 4.21 Å². The van der Waals surface area contributed by atoms with Gasteiger partial charge in [-0.05, 0) is 24.7 Å². The highest BCUT2D eigenvalue weighted by Gasteiger charge is 1.97. The van der Waals surface area contributed by atoms with Gasteiger partial charge in [0.1, 0.15) is 11.0 Å². The molecule has 0 saturated carbocycles. The molecule has 4 heteroatoms. The Morgan fingerprint density at radius 2 is 2.33 bits per heavy atom. The summed E-state index contributed by atoms with van der Waals surface area (Å²) in [5.74, 6) is 0. The Balaban J connectivity index is 2.88. The summed E-state index contributed by atoms with van der Waals surface area (Å²) in [6.45, 7) is 0.769. The normalized spacial score (nSPS) is 12.8. The minimum atomic E-state index is -1.37. The zero-order valence-electron chi connectivity index (χ0n) is 6.91. The fourth-order valence-electron chi connectivity index (χ4n) is 0.985. The van der Waals surface area contributed by atoms with Crippen LogP contribution < -0.4 is 10.5 Å². The van der Waals surface area contributed by atoms with Gasteiger partial charge in [0.05, 0.1) is 4.90 Å². The second kappa shape index (κ2) is 4.35. The molecule has 0 heterocycles. The first kappa shape index (κ1) is 9.38. The van der Waals surface area contributed by atoms with Gasteiger partial charge in [-0.25, -0.2) is 9.35 Å². The average molecular weight is 184 g/mol. The summed E-state index contributed by atoms with van der Waals surface area (Å²) in [6.07, 6.45) is 0. The first-order valence-electron chi connectivity index (χ1n) is 3.63. The zero-order chi connectivity index (χ0) is 8.97. The van der Waals surface area contributed by atoms with Crippen LogP contribution >= 0.6 is 0 Å². The van der Waals surface area contributed by atoms with Crippen molar-refractivity contribution in [1.29, 1.82) is 0 Å². The van der Waals surface area contributed by atoms with Gasteiger partial charge in [0, 0.05) is 6.54 Å². The van der Waals surface area contributed by atoms with E-state index in [1.54, 1.807) is 6.07 Å². The van der Waals surface area contributed by atoms with Crippen LogP contribution in [0.25, 0.3) is 0 Å². The van der Waals surface area contributed by atoms with Gasteiger partial charge in [-0.1, -0.05) is 12.1 Å². The van der Waals surface area contributed by atoms with E-state index in [1.807, 2.05) is 25.2 Å². The molecule has 0 fully saturated rings. The molecule has 1 aromatic carbocycles. The van der Waals surface area contributed by atoms with E-state index in [-0.39, 0.29) is 0 Å². The molecule has 66 valence electrons. The maximum Gasteiger partial charge on any atom is 0.122 e. The molecule has 0 aliphatic rings. The van der Waals surface area contributed by atoms with Gasteiger partial charge in [-0.15, -0.1) is 0 Å². The van der Waals surface area contributed by atoms with Gasteiger partial charge in [0.2, 0.25) is 0 Å². The first-order chi connectivity index (χ1) is 5.74. The lowest BCUT2D eigenvalue weighted by molar-refractivity contribution is 0.684. The second-order valence-corrected chi connectivity index (χ2v) is 3.54. The summed E-state index contributed by atoms with van der Waals surface area (Å²) in [5.41, 5.74) is 1.09. The highest BCUT2D eigenvalue weighted by Crippen LogP contribution is 2.06. The summed E-state index contributed by atoms with van der Waals surface area (Å²) >= 11 is 0. The molecule has 0 aliphatic heterocycles. The van der Waals surface area contributed by atoms with Crippen molar-refractivity contribution in [2.75, 3.05) is 7.05 Å². The Morgan fingerprint density at radius 3 is 2.92 bits per heavy atom. The molecule has 3 nitrogen and oxygen atoms in total. The standard InChI is InChI=1S/C8H12N2OS/c1-10-6-7-3-2-4-8(5-7)12(9)11/h2-5,10H,6,9H2,1H3. The van der Waals surface area contributed by atoms with Gasteiger partial charge >= 0.3 is 0 Å². The molecule has 1 rings (SSSR count). The van der Waals surface area contributed by atoms with Crippen LogP contribution in [0.4, 0.5) is 0 Å². The van der Waals surface area contributed by atoms with Crippen LogP contribution in [-0.2, 0) is 17.5 Å². The van der Waals surface area contributed by atoms with Gasteiger partial charge in [0.15, 0.2) is 0 Å². The smallest absolute Gasteiger partial charge is 0.122 e. The molecule has 0 aromatic heterocycles. The lowest BCUT2D eigenvalue weighted by Gasteiger charge is -2.01. The van der Waals surface area contributed by atoms with Gasteiger partial charge < -0.3 is 5.32 Å². The predicted octanol–water partition coefficient (Wildman–Crippen LogP) is 0.387. The third kappa shape index (κ3) is 2.41. The number of hydrogen-bond donors (Lipinski definition) is 2. The molecule has 0 bridgehead atoms. The summed E-state index contributed by atoms with van der Waals surface area (Å²) in [5, 5.41) is 8.24. The molecule has 1 aromatic rings. The van der Waals surface area contributed by atoms with E-state index in [1.165, 1.54) is 0 Å². The van der Waals surface area contributed by atoms with Crippen molar-refractivity contribution in [3.05, 3.63) is 29.8 Å². The van der Waals surface area contributed by atoms with E-state index >= 15 is 0 Å². The summed E-state index contributed by atoms with van der Waals surface area (Å²) in [7, 11) is 0.497. The molecule has 0 aliphatic carbocycles. The largest absolute Gasteiger partial charge is 0.316 e. The molecule has 0 saturated heterocycles. The van der Waals surface area contributed by atoms with Crippen LogP contribution in [-0.4, -0.2) is 11.3 Å². The second-order valence-electron chi connectivity index (χ2n) is 2.48. The molecule has 1 atom stereocenters. The molecular formula is C8H12N2OS. The first-order valence-corrected chi connectivity index (χ1v) is 4.85. The quantitative estimate of drug-likeness (QED) is 0.714. The predicted molar refractivity (Wildman–Crippen MR) is 49.8 cm³/mol. The van der Waals surface area contributed by atoms with Crippen molar-refractivity contribution >= 4 is 11.0 Å². The van der Waals surface area contributed by atoms with E-state index in [2.05, 4.69) is 5.32 Å². The Hall–Kier alpha value is -0.710. The summed E-state index contributed by atoms with van der Waals surface area (Å²) in [4.78, 5) is 0.669. The minimum Gasteiger partial charge on any atom is -0.316 e.